The summed E-state index contributed by atoms with van der Waals surface area (Å²) < 4.78 is 7.08. The maximum Gasteiger partial charge on any atom is 0.122 e. The van der Waals surface area contributed by atoms with Crippen LogP contribution >= 0.6 is 0 Å². The highest BCUT2D eigenvalue weighted by Gasteiger charge is 2.06. The molecule has 1 rings (SSSR count). The van der Waals surface area contributed by atoms with Gasteiger partial charge in [0.1, 0.15) is 1.41 Å². The van der Waals surface area contributed by atoms with E-state index in [9.17, 15) is 0 Å². The zero-order valence-corrected chi connectivity index (χ0v) is 4.30. The maximum atomic E-state index is 8.92. The molecular weight excluding hydrogens is 90.1 g/mol. The minimum atomic E-state index is -0.249. The third-order valence-electron chi connectivity index (χ3n) is 1.19. The van der Waals surface area contributed by atoms with E-state index in [0.717, 1.165) is 19.4 Å². The maximum absolute atomic E-state index is 8.92. The van der Waals surface area contributed by atoms with E-state index >= 15 is 0 Å². The van der Waals surface area contributed by atoms with Gasteiger partial charge in [-0.05, 0) is 19.4 Å². The van der Waals surface area contributed by atoms with E-state index in [1.54, 1.807) is 0 Å². The lowest BCUT2D eigenvalue weighted by Crippen LogP contribution is -2.33. The third-order valence-corrected chi connectivity index (χ3v) is 1.19. The molecule has 0 aliphatic carbocycles. The largest absolute Gasteiger partial charge is 0.392 e. The summed E-state index contributed by atoms with van der Waals surface area (Å²) in [5.74, 6) is 0. The highest BCUT2D eigenvalue weighted by Crippen LogP contribution is 1.98. The van der Waals surface area contributed by atoms with Crippen LogP contribution in [0.4, 0.5) is 0 Å². The first-order valence-corrected chi connectivity index (χ1v) is 2.71. The molecule has 1 heterocycles. The molecule has 1 fully saturated rings. The Hall–Kier alpha value is -0.0800. The summed E-state index contributed by atoms with van der Waals surface area (Å²) in [5.41, 5.74) is 0. The summed E-state index contributed by atoms with van der Waals surface area (Å²) in [7, 11) is 0. The highest BCUT2D eigenvalue weighted by atomic mass is 16.3. The first-order valence-electron chi connectivity index (χ1n) is 3.15. The van der Waals surface area contributed by atoms with Gasteiger partial charge in [-0.2, -0.15) is 0 Å². The van der Waals surface area contributed by atoms with Crippen molar-refractivity contribution in [3.8, 4) is 0 Å². The van der Waals surface area contributed by atoms with Crippen LogP contribution in [0.5, 0.6) is 0 Å². The van der Waals surface area contributed by atoms with Crippen LogP contribution in [0.1, 0.15) is 12.8 Å². The fourth-order valence-corrected chi connectivity index (χ4v) is 0.770. The molecule has 0 aromatic rings. The van der Waals surface area contributed by atoms with Crippen LogP contribution in [0, 0.1) is 0 Å². The first kappa shape index (κ1) is 3.87. The Labute approximate surface area is 45.0 Å². The highest BCUT2D eigenvalue weighted by molar-refractivity contribution is 4.65. The molecule has 0 aromatic heterocycles. The lowest BCUT2D eigenvalue weighted by atomic mass is 10.1. The zero-order chi connectivity index (χ0) is 5.98. The number of hydrogen-bond donors (Lipinski definition) is 2. The van der Waals surface area contributed by atoms with E-state index in [-0.39, 0.29) is 6.10 Å². The van der Waals surface area contributed by atoms with Crippen molar-refractivity contribution < 1.29 is 6.52 Å². The van der Waals surface area contributed by atoms with Gasteiger partial charge in [-0.25, -0.2) is 0 Å². The molecular formula is C5H11NO. The van der Waals surface area contributed by atoms with Crippen molar-refractivity contribution in [1.82, 2.24) is 5.31 Å². The summed E-state index contributed by atoms with van der Waals surface area (Å²) in [6.45, 7) is 1.34. The lowest BCUT2D eigenvalue weighted by Gasteiger charge is -2.16. The lowest BCUT2D eigenvalue weighted by molar-refractivity contribution is 0.142. The predicted molar refractivity (Wildman–Crippen MR) is 28.1 cm³/mol. The summed E-state index contributed by atoms with van der Waals surface area (Å²) in [6.07, 6.45) is 1.58. The van der Waals surface area contributed by atoms with Crippen molar-refractivity contribution in [2.24, 2.45) is 0 Å². The Morgan fingerprint density at radius 3 is 3.14 bits per heavy atom. The number of aliphatic hydroxyl groups is 1. The minimum Gasteiger partial charge on any atom is -0.392 e. The zero-order valence-electron chi connectivity index (χ0n) is 5.30. The second-order valence-electron chi connectivity index (χ2n) is 1.93. The Balaban J connectivity index is 2.23. The monoisotopic (exact) mass is 102 g/mol. The van der Waals surface area contributed by atoms with E-state index in [4.69, 9.17) is 6.52 Å². The molecule has 0 saturated carbocycles. The van der Waals surface area contributed by atoms with Gasteiger partial charge in [0.05, 0.1) is 6.10 Å². The van der Waals surface area contributed by atoms with Crippen LogP contribution in [-0.4, -0.2) is 24.3 Å². The van der Waals surface area contributed by atoms with Crippen molar-refractivity contribution in [2.45, 2.75) is 18.9 Å². The topological polar surface area (TPSA) is 32.3 Å². The molecule has 0 aromatic carbocycles. The number of aliphatic hydroxyl groups excluding tert-OH is 1. The van der Waals surface area contributed by atoms with Crippen molar-refractivity contribution >= 4 is 0 Å². The second-order valence-corrected chi connectivity index (χ2v) is 1.93. The molecule has 1 atom stereocenters. The van der Waals surface area contributed by atoms with Crippen LogP contribution in [0.25, 0.3) is 0 Å². The first-order chi connectivity index (χ1) is 3.79. The fourth-order valence-electron chi connectivity index (χ4n) is 0.770. The molecule has 0 amide bonds. The van der Waals surface area contributed by atoms with E-state index in [2.05, 4.69) is 0 Å². The number of β-amino-alcohol motifs (C(OH)–C–C–N with tert-alkyl or cyclic N) is 1. The van der Waals surface area contributed by atoms with Gasteiger partial charge >= 0.3 is 0 Å². The Morgan fingerprint density at radius 1 is 1.86 bits per heavy atom. The molecule has 2 nitrogen and oxygen atoms in total. The summed E-state index contributed by atoms with van der Waals surface area (Å²) in [5, 5.41) is 10.3. The minimum absolute atomic E-state index is 0.249. The van der Waals surface area contributed by atoms with Crippen LogP contribution < -0.4 is 5.31 Å². The molecule has 0 bridgehead atoms. The number of hydrogen-bond acceptors (Lipinski definition) is 2. The van der Waals surface area contributed by atoms with Gasteiger partial charge in [-0.15, -0.1) is 0 Å². The van der Waals surface area contributed by atoms with E-state index in [0.29, 0.717) is 6.54 Å². The second kappa shape index (κ2) is 2.28. The Morgan fingerprint density at radius 2 is 2.71 bits per heavy atom. The van der Waals surface area contributed by atoms with E-state index in [1.807, 2.05) is 0 Å². The molecule has 2 N–H and O–H groups in total. The van der Waals surface area contributed by atoms with Crippen molar-refractivity contribution in [3.63, 3.8) is 0 Å². The predicted octanol–water partition coefficient (Wildman–Crippen LogP) is -0.269. The van der Waals surface area contributed by atoms with E-state index in [1.165, 1.54) is 5.31 Å². The molecule has 0 spiro atoms. The molecule has 0 radical (unpaired) electrons. The van der Waals surface area contributed by atoms with Crippen LogP contribution in [0.3, 0.4) is 0 Å². The molecule has 1 saturated heterocycles. The van der Waals surface area contributed by atoms with Gasteiger partial charge in [0, 0.05) is 6.54 Å². The smallest absolute Gasteiger partial charge is 0.122 e. The number of piperidine rings is 1. The van der Waals surface area contributed by atoms with E-state index < -0.39 is 0 Å². The molecule has 7 heavy (non-hydrogen) atoms. The van der Waals surface area contributed by atoms with Crippen LogP contribution in [-0.2, 0) is 0 Å². The van der Waals surface area contributed by atoms with Gasteiger partial charge in [0.25, 0.3) is 0 Å². The fraction of sp³-hybridized carbons (Fsp3) is 1.00. The Bertz CT molecular complexity index is 70.8. The van der Waals surface area contributed by atoms with Gasteiger partial charge in [-0.3, -0.25) is 0 Å². The van der Waals surface area contributed by atoms with Crippen molar-refractivity contribution in [3.05, 3.63) is 0 Å². The van der Waals surface area contributed by atoms with Gasteiger partial charge in [0.2, 0.25) is 0 Å². The molecule has 1 aliphatic heterocycles. The number of rotatable bonds is 0. The quantitative estimate of drug-likeness (QED) is 0.441. The standard InChI is InChI=1S/C5H11NO/c7-5-2-1-3-6-4-5/h5-7H,1-4H2/t5-/m1/s1/i/hD. The molecule has 42 valence electrons. The average Bonchev–Trinajstić information content (AvgIpc) is 1.64. The van der Waals surface area contributed by atoms with Gasteiger partial charge < -0.3 is 10.4 Å². The normalized spacial score (nSPS) is 37.9. The summed E-state index contributed by atoms with van der Waals surface area (Å²) in [4.78, 5) is 0. The SMILES string of the molecule is [2H]N1CCC[C@@H](O)C1. The van der Waals surface area contributed by atoms with Crippen LogP contribution in [0.2, 0.25) is 1.41 Å². The summed E-state index contributed by atoms with van der Waals surface area (Å²) >= 11 is 0. The van der Waals surface area contributed by atoms with Crippen molar-refractivity contribution in [1.29, 1.82) is 0 Å². The molecule has 0 unspecified atom stereocenters. The molecule has 2 heteroatoms. The average molecular weight is 102 g/mol. The Kier molecular flexibility index (Phi) is 1.26. The summed E-state index contributed by atoms with van der Waals surface area (Å²) in [6, 6.07) is 0. The van der Waals surface area contributed by atoms with Gasteiger partial charge in [0.15, 0.2) is 0 Å². The van der Waals surface area contributed by atoms with Gasteiger partial charge in [-0.1, -0.05) is 0 Å². The van der Waals surface area contributed by atoms with Crippen molar-refractivity contribution in [2.75, 3.05) is 13.1 Å². The number of nitrogens with one attached hydrogen (secondary N) is 1. The van der Waals surface area contributed by atoms with Crippen LogP contribution in [0.15, 0.2) is 0 Å². The molecule has 1 aliphatic rings. The third kappa shape index (κ3) is 1.45.